The fraction of sp³-hybridized carbons (Fsp3) is 0.158. The monoisotopic (exact) mass is 467 g/mol. The van der Waals surface area contributed by atoms with Crippen LogP contribution in [0.4, 0.5) is 10.1 Å². The maximum absolute atomic E-state index is 13.6. The van der Waals surface area contributed by atoms with Crippen LogP contribution in [-0.4, -0.2) is 32.3 Å². The van der Waals surface area contributed by atoms with E-state index in [4.69, 9.17) is 23.2 Å². The van der Waals surface area contributed by atoms with Crippen LogP contribution in [0.3, 0.4) is 0 Å². The predicted molar refractivity (Wildman–Crippen MR) is 114 cm³/mol. The molecule has 0 unspecified atom stereocenters. The van der Waals surface area contributed by atoms with Crippen LogP contribution in [0.2, 0.25) is 10.0 Å². The van der Waals surface area contributed by atoms with E-state index in [1.807, 2.05) is 0 Å². The second kappa shape index (κ2) is 9.92. The summed E-state index contributed by atoms with van der Waals surface area (Å²) in [5, 5.41) is 14.4. The first kappa shape index (κ1) is 22.1. The fourth-order valence-corrected chi connectivity index (χ4v) is 3.43. The van der Waals surface area contributed by atoms with Crippen LogP contribution in [0.15, 0.2) is 47.6 Å². The molecule has 0 atom stereocenters. The Bertz CT molecular complexity index is 1090. The summed E-state index contributed by atoms with van der Waals surface area (Å²) in [6.07, 6.45) is 0. The van der Waals surface area contributed by atoms with Crippen molar-refractivity contribution < 1.29 is 14.0 Å². The third-order valence-electron chi connectivity index (χ3n) is 3.99. The molecule has 0 spiro atoms. The number of nitrogens with one attached hydrogen (secondary N) is 2. The first-order chi connectivity index (χ1) is 14.3. The van der Waals surface area contributed by atoms with E-state index in [0.29, 0.717) is 21.6 Å². The van der Waals surface area contributed by atoms with Gasteiger partial charge in [-0.3, -0.25) is 9.59 Å². The summed E-state index contributed by atoms with van der Waals surface area (Å²) in [6.45, 7) is 0.130. The van der Waals surface area contributed by atoms with Crippen molar-refractivity contribution in [3.05, 3.63) is 69.7 Å². The lowest BCUT2D eigenvalue weighted by Gasteiger charge is -2.07. The molecule has 0 saturated heterocycles. The lowest BCUT2D eigenvalue weighted by atomic mass is 10.2. The molecule has 0 saturated carbocycles. The SMILES string of the molecule is Cn1c(CNC(=O)c2ccc(Cl)c(Cl)c2)nnc1SCC(=O)Nc1ccccc1F. The lowest BCUT2D eigenvalue weighted by molar-refractivity contribution is -0.113. The van der Waals surface area contributed by atoms with Gasteiger partial charge >= 0.3 is 0 Å². The number of para-hydroxylation sites is 1. The van der Waals surface area contributed by atoms with Crippen LogP contribution in [0.25, 0.3) is 0 Å². The van der Waals surface area contributed by atoms with Crippen molar-refractivity contribution in [3.8, 4) is 0 Å². The molecule has 7 nitrogen and oxygen atoms in total. The summed E-state index contributed by atoms with van der Waals surface area (Å²) >= 11 is 12.9. The van der Waals surface area contributed by atoms with Crippen LogP contribution in [0.1, 0.15) is 16.2 Å². The van der Waals surface area contributed by atoms with Crippen LogP contribution in [0.5, 0.6) is 0 Å². The van der Waals surface area contributed by atoms with Gasteiger partial charge in [0.15, 0.2) is 11.0 Å². The quantitative estimate of drug-likeness (QED) is 0.514. The Balaban J connectivity index is 1.54. The van der Waals surface area contributed by atoms with Crippen molar-refractivity contribution in [1.29, 1.82) is 0 Å². The van der Waals surface area contributed by atoms with Crippen molar-refractivity contribution in [2.45, 2.75) is 11.7 Å². The van der Waals surface area contributed by atoms with Gasteiger partial charge < -0.3 is 15.2 Å². The molecular weight excluding hydrogens is 452 g/mol. The number of thioether (sulfide) groups is 1. The normalized spacial score (nSPS) is 10.7. The summed E-state index contributed by atoms with van der Waals surface area (Å²) < 4.78 is 15.3. The molecule has 0 bridgehead atoms. The Morgan fingerprint density at radius 2 is 1.90 bits per heavy atom. The summed E-state index contributed by atoms with van der Waals surface area (Å²) in [6, 6.07) is 10.5. The minimum absolute atomic E-state index is 0.0238. The van der Waals surface area contributed by atoms with E-state index in [1.54, 1.807) is 35.9 Å². The Morgan fingerprint density at radius 1 is 1.13 bits per heavy atom. The van der Waals surface area contributed by atoms with Gasteiger partial charge in [-0.05, 0) is 30.3 Å². The molecule has 3 aromatic rings. The minimum Gasteiger partial charge on any atom is -0.345 e. The van der Waals surface area contributed by atoms with E-state index in [0.717, 1.165) is 11.8 Å². The molecule has 11 heteroatoms. The van der Waals surface area contributed by atoms with Crippen LogP contribution >= 0.6 is 35.0 Å². The predicted octanol–water partition coefficient (Wildman–Crippen LogP) is 3.92. The molecule has 0 fully saturated rings. The van der Waals surface area contributed by atoms with E-state index in [-0.39, 0.29) is 34.8 Å². The number of carbonyl (C=O) groups is 2. The van der Waals surface area contributed by atoms with Gasteiger partial charge in [-0.15, -0.1) is 10.2 Å². The Kier molecular flexibility index (Phi) is 7.30. The number of benzene rings is 2. The number of anilines is 1. The average Bonchev–Trinajstić information content (AvgIpc) is 3.08. The highest BCUT2D eigenvalue weighted by molar-refractivity contribution is 7.99. The molecule has 2 amide bonds. The average molecular weight is 468 g/mol. The van der Waals surface area contributed by atoms with Crippen molar-refractivity contribution in [2.75, 3.05) is 11.1 Å². The molecule has 156 valence electrons. The van der Waals surface area contributed by atoms with Crippen molar-refractivity contribution in [2.24, 2.45) is 7.05 Å². The first-order valence-electron chi connectivity index (χ1n) is 8.64. The number of hydrogen-bond donors (Lipinski definition) is 2. The van der Waals surface area contributed by atoms with Gasteiger partial charge in [0.05, 0.1) is 28.0 Å². The molecule has 2 N–H and O–H groups in total. The largest absolute Gasteiger partial charge is 0.345 e. The highest BCUT2D eigenvalue weighted by Crippen LogP contribution is 2.22. The topological polar surface area (TPSA) is 88.9 Å². The molecule has 1 heterocycles. The number of nitrogens with zero attached hydrogens (tertiary/aromatic N) is 3. The van der Waals surface area contributed by atoms with E-state index in [2.05, 4.69) is 20.8 Å². The number of amides is 2. The molecule has 0 aliphatic heterocycles. The van der Waals surface area contributed by atoms with E-state index >= 15 is 0 Å². The van der Waals surface area contributed by atoms with Crippen molar-refractivity contribution >= 4 is 52.5 Å². The second-order valence-corrected chi connectivity index (χ2v) is 7.84. The van der Waals surface area contributed by atoms with Gasteiger partial charge in [-0.2, -0.15) is 0 Å². The summed E-state index contributed by atoms with van der Waals surface area (Å²) in [4.78, 5) is 24.3. The first-order valence-corrected chi connectivity index (χ1v) is 10.4. The third kappa shape index (κ3) is 5.50. The van der Waals surface area contributed by atoms with Gasteiger partial charge in [0.25, 0.3) is 5.91 Å². The van der Waals surface area contributed by atoms with Gasteiger partial charge in [-0.25, -0.2) is 4.39 Å². The van der Waals surface area contributed by atoms with Gasteiger partial charge in [0.2, 0.25) is 5.91 Å². The zero-order valence-electron chi connectivity index (χ0n) is 15.7. The number of carbonyl (C=O) groups excluding carboxylic acids is 2. The van der Waals surface area contributed by atoms with E-state index in [1.165, 1.54) is 18.2 Å². The second-order valence-electron chi connectivity index (χ2n) is 6.09. The van der Waals surface area contributed by atoms with Crippen LogP contribution in [0, 0.1) is 5.82 Å². The Hall–Kier alpha value is -2.62. The van der Waals surface area contributed by atoms with Gasteiger partial charge in [0, 0.05) is 12.6 Å². The third-order valence-corrected chi connectivity index (χ3v) is 5.75. The molecule has 3 rings (SSSR count). The molecule has 2 aromatic carbocycles. The Morgan fingerprint density at radius 3 is 2.63 bits per heavy atom. The maximum atomic E-state index is 13.6. The zero-order chi connectivity index (χ0) is 21.7. The zero-order valence-corrected chi connectivity index (χ0v) is 18.0. The summed E-state index contributed by atoms with van der Waals surface area (Å²) in [7, 11) is 1.72. The highest BCUT2D eigenvalue weighted by atomic mass is 35.5. The molecular formula is C19H16Cl2FN5O2S. The molecule has 0 radical (unpaired) electrons. The standard InChI is InChI=1S/C19H16Cl2FN5O2S/c1-27-16(9-23-18(29)11-6-7-12(20)13(21)8-11)25-26-19(27)30-10-17(28)24-15-5-3-2-4-14(15)22/h2-8H,9-10H2,1H3,(H,23,29)(H,24,28). The number of aromatic nitrogens is 3. The van der Waals surface area contributed by atoms with Gasteiger partial charge in [-0.1, -0.05) is 47.1 Å². The fourth-order valence-electron chi connectivity index (χ4n) is 2.40. The van der Waals surface area contributed by atoms with Crippen LogP contribution in [-0.2, 0) is 18.4 Å². The van der Waals surface area contributed by atoms with E-state index in [9.17, 15) is 14.0 Å². The van der Waals surface area contributed by atoms with Crippen LogP contribution < -0.4 is 10.6 Å². The van der Waals surface area contributed by atoms with E-state index < -0.39 is 5.82 Å². The summed E-state index contributed by atoms with van der Waals surface area (Å²) in [5.74, 6) is -0.691. The number of hydrogen-bond acceptors (Lipinski definition) is 5. The molecule has 1 aromatic heterocycles. The number of halogens is 3. The van der Waals surface area contributed by atoms with Gasteiger partial charge in [0.1, 0.15) is 5.82 Å². The van der Waals surface area contributed by atoms with Crippen molar-refractivity contribution in [3.63, 3.8) is 0 Å². The minimum atomic E-state index is -0.505. The Labute approximate surface area is 186 Å². The molecule has 0 aliphatic carbocycles. The maximum Gasteiger partial charge on any atom is 0.251 e. The van der Waals surface area contributed by atoms with Crippen molar-refractivity contribution in [1.82, 2.24) is 20.1 Å². The summed E-state index contributed by atoms with van der Waals surface area (Å²) in [5.41, 5.74) is 0.484. The highest BCUT2D eigenvalue weighted by Gasteiger charge is 2.14. The smallest absolute Gasteiger partial charge is 0.251 e. The molecule has 0 aliphatic rings. The number of rotatable bonds is 7. The molecule has 30 heavy (non-hydrogen) atoms. The lowest BCUT2D eigenvalue weighted by Crippen LogP contribution is -2.24.